The van der Waals surface area contributed by atoms with Gasteiger partial charge >= 0.3 is 0 Å². The predicted molar refractivity (Wildman–Crippen MR) is 83.2 cm³/mol. The molecule has 0 aromatic heterocycles. The lowest BCUT2D eigenvalue weighted by Gasteiger charge is -2.19. The van der Waals surface area contributed by atoms with Crippen LogP contribution in [0.2, 0.25) is 0 Å². The monoisotopic (exact) mass is 309 g/mol. The molecule has 1 saturated carbocycles. The highest BCUT2D eigenvalue weighted by atomic mass is 79.9. The quantitative estimate of drug-likeness (QED) is 0.724. The molecule has 1 nitrogen and oxygen atoms in total. The van der Waals surface area contributed by atoms with Gasteiger partial charge < -0.3 is 5.32 Å². The molecule has 1 aromatic rings. The summed E-state index contributed by atoms with van der Waals surface area (Å²) in [4.78, 5) is 0. The molecule has 0 heterocycles. The summed E-state index contributed by atoms with van der Waals surface area (Å²) in [5.41, 5.74) is 2.64. The summed E-state index contributed by atoms with van der Waals surface area (Å²) in [6, 6.07) is 7.16. The van der Waals surface area contributed by atoms with E-state index in [2.05, 4.69) is 53.3 Å². The van der Waals surface area contributed by atoms with Crippen LogP contribution < -0.4 is 5.32 Å². The van der Waals surface area contributed by atoms with Gasteiger partial charge in [-0.25, -0.2) is 0 Å². The molecule has 1 N–H and O–H groups in total. The van der Waals surface area contributed by atoms with Crippen molar-refractivity contribution in [1.29, 1.82) is 0 Å². The van der Waals surface area contributed by atoms with E-state index < -0.39 is 0 Å². The van der Waals surface area contributed by atoms with E-state index in [-0.39, 0.29) is 0 Å². The zero-order valence-electron chi connectivity index (χ0n) is 11.5. The van der Waals surface area contributed by atoms with Gasteiger partial charge in [0.15, 0.2) is 0 Å². The maximum atomic E-state index is 3.74. The number of halogens is 1. The van der Waals surface area contributed by atoms with Gasteiger partial charge in [0, 0.05) is 16.2 Å². The van der Waals surface area contributed by atoms with Crippen LogP contribution in [0.1, 0.15) is 51.0 Å². The third-order valence-electron chi connectivity index (χ3n) is 4.22. The van der Waals surface area contributed by atoms with Gasteiger partial charge in [0.25, 0.3) is 0 Å². The fourth-order valence-corrected chi connectivity index (χ4v) is 3.26. The number of benzene rings is 1. The maximum Gasteiger partial charge on any atom is 0.0383 e. The Morgan fingerprint density at radius 1 is 1.22 bits per heavy atom. The van der Waals surface area contributed by atoms with Crippen LogP contribution in [0, 0.1) is 12.8 Å². The van der Waals surface area contributed by atoms with Crippen molar-refractivity contribution in [2.24, 2.45) is 5.92 Å². The molecule has 0 radical (unpaired) electrons. The van der Waals surface area contributed by atoms with Crippen LogP contribution in [0.5, 0.6) is 0 Å². The van der Waals surface area contributed by atoms with Crippen molar-refractivity contribution in [3.63, 3.8) is 0 Å². The highest BCUT2D eigenvalue weighted by molar-refractivity contribution is 9.10. The van der Waals surface area contributed by atoms with E-state index in [0.29, 0.717) is 6.04 Å². The van der Waals surface area contributed by atoms with Crippen LogP contribution in [0.25, 0.3) is 0 Å². The normalized spacial score (nSPS) is 24.6. The Hall–Kier alpha value is -0.500. The molecular formula is C16H24BrN. The molecule has 0 spiro atoms. The first-order valence-corrected chi connectivity index (χ1v) is 8.01. The van der Waals surface area contributed by atoms with Crippen molar-refractivity contribution in [3.05, 3.63) is 28.2 Å². The summed E-state index contributed by atoms with van der Waals surface area (Å²) in [5, 5.41) is 3.74. The van der Waals surface area contributed by atoms with Gasteiger partial charge in [-0.1, -0.05) is 48.2 Å². The third kappa shape index (κ3) is 3.74. The Kier molecular flexibility index (Phi) is 5.11. The number of aryl methyl sites for hydroxylation is 1. The highest BCUT2D eigenvalue weighted by Crippen LogP contribution is 2.29. The second-order valence-electron chi connectivity index (χ2n) is 5.58. The van der Waals surface area contributed by atoms with Gasteiger partial charge in [0.1, 0.15) is 0 Å². The minimum absolute atomic E-state index is 0.662. The van der Waals surface area contributed by atoms with E-state index in [9.17, 15) is 0 Å². The first kappa shape index (κ1) is 13.9. The van der Waals surface area contributed by atoms with E-state index in [1.54, 1.807) is 0 Å². The molecule has 1 aromatic carbocycles. The summed E-state index contributed by atoms with van der Waals surface area (Å²) >= 11 is 3.56. The third-order valence-corrected chi connectivity index (χ3v) is 4.72. The van der Waals surface area contributed by atoms with Crippen molar-refractivity contribution in [2.45, 2.75) is 58.4 Å². The van der Waals surface area contributed by atoms with E-state index in [1.807, 2.05) is 0 Å². The topological polar surface area (TPSA) is 12.0 Å². The smallest absolute Gasteiger partial charge is 0.0383 e. The van der Waals surface area contributed by atoms with Crippen LogP contribution in [-0.4, -0.2) is 6.04 Å². The second-order valence-corrected chi connectivity index (χ2v) is 6.50. The standard InChI is InChI=1S/C16H24BrN/c1-3-13-5-4-6-15(10-8-13)18-16-11-14(17)9-7-12(16)2/h7,9,11,13,15,18H,3-6,8,10H2,1-2H3. The molecule has 1 aliphatic carbocycles. The molecule has 1 aliphatic rings. The minimum Gasteiger partial charge on any atom is -0.382 e. The molecule has 2 rings (SSSR count). The van der Waals surface area contributed by atoms with Crippen molar-refractivity contribution < 1.29 is 0 Å². The number of hydrogen-bond acceptors (Lipinski definition) is 1. The molecule has 2 heteroatoms. The van der Waals surface area contributed by atoms with Crippen molar-refractivity contribution >= 4 is 21.6 Å². The summed E-state index contributed by atoms with van der Waals surface area (Å²) in [6.45, 7) is 4.51. The Bertz CT molecular complexity index is 389. The summed E-state index contributed by atoms with van der Waals surface area (Å²) in [5.74, 6) is 0.959. The lowest BCUT2D eigenvalue weighted by molar-refractivity contribution is 0.444. The largest absolute Gasteiger partial charge is 0.382 e. The Balaban J connectivity index is 1.98. The van der Waals surface area contributed by atoms with Gasteiger partial charge in [0.2, 0.25) is 0 Å². The van der Waals surface area contributed by atoms with Crippen LogP contribution in [0.4, 0.5) is 5.69 Å². The molecule has 0 saturated heterocycles. The first-order valence-electron chi connectivity index (χ1n) is 7.21. The summed E-state index contributed by atoms with van der Waals surface area (Å²) < 4.78 is 1.16. The molecule has 1 fully saturated rings. The number of anilines is 1. The van der Waals surface area contributed by atoms with Gasteiger partial charge in [-0.15, -0.1) is 0 Å². The van der Waals surface area contributed by atoms with Gasteiger partial charge in [-0.2, -0.15) is 0 Å². The van der Waals surface area contributed by atoms with E-state index in [4.69, 9.17) is 0 Å². The van der Waals surface area contributed by atoms with Gasteiger partial charge in [0.05, 0.1) is 0 Å². The molecule has 0 bridgehead atoms. The Labute approximate surface area is 119 Å². The van der Waals surface area contributed by atoms with Crippen molar-refractivity contribution in [2.75, 3.05) is 5.32 Å². The van der Waals surface area contributed by atoms with E-state index in [1.165, 1.54) is 49.8 Å². The Morgan fingerprint density at radius 2 is 2.06 bits per heavy atom. The van der Waals surface area contributed by atoms with Crippen LogP contribution in [-0.2, 0) is 0 Å². The fraction of sp³-hybridized carbons (Fsp3) is 0.625. The van der Waals surface area contributed by atoms with Crippen LogP contribution in [0.15, 0.2) is 22.7 Å². The zero-order valence-corrected chi connectivity index (χ0v) is 13.1. The number of rotatable bonds is 3. The average Bonchev–Trinajstić information content (AvgIpc) is 2.59. The number of hydrogen-bond donors (Lipinski definition) is 1. The fourth-order valence-electron chi connectivity index (χ4n) is 2.90. The van der Waals surface area contributed by atoms with Crippen LogP contribution >= 0.6 is 15.9 Å². The van der Waals surface area contributed by atoms with Crippen LogP contribution in [0.3, 0.4) is 0 Å². The van der Waals surface area contributed by atoms with Crippen molar-refractivity contribution in [3.8, 4) is 0 Å². The van der Waals surface area contributed by atoms with Gasteiger partial charge in [-0.05, 0) is 49.8 Å². The SMILES string of the molecule is CCC1CCCC(Nc2cc(Br)ccc2C)CC1. The average molecular weight is 310 g/mol. The van der Waals surface area contributed by atoms with Gasteiger partial charge in [-0.3, -0.25) is 0 Å². The minimum atomic E-state index is 0.662. The molecule has 2 unspecified atom stereocenters. The Morgan fingerprint density at radius 3 is 2.83 bits per heavy atom. The molecule has 2 atom stereocenters. The molecule has 0 aliphatic heterocycles. The second kappa shape index (κ2) is 6.60. The molecular weight excluding hydrogens is 286 g/mol. The zero-order chi connectivity index (χ0) is 13.0. The highest BCUT2D eigenvalue weighted by Gasteiger charge is 2.18. The van der Waals surface area contributed by atoms with Crippen molar-refractivity contribution in [1.82, 2.24) is 0 Å². The molecule has 18 heavy (non-hydrogen) atoms. The lowest BCUT2D eigenvalue weighted by atomic mass is 9.98. The van der Waals surface area contributed by atoms with E-state index in [0.717, 1.165) is 10.4 Å². The lowest BCUT2D eigenvalue weighted by Crippen LogP contribution is -2.19. The summed E-state index contributed by atoms with van der Waals surface area (Å²) in [7, 11) is 0. The first-order chi connectivity index (χ1) is 8.69. The predicted octanol–water partition coefficient (Wildman–Crippen LogP) is 5.53. The molecule has 0 amide bonds. The maximum absolute atomic E-state index is 3.74. The van der Waals surface area contributed by atoms with E-state index >= 15 is 0 Å². The number of nitrogens with one attached hydrogen (secondary N) is 1. The summed E-state index contributed by atoms with van der Waals surface area (Å²) in [6.07, 6.45) is 8.19. The molecule has 100 valence electrons.